The fourth-order valence-electron chi connectivity index (χ4n) is 3.32. The van der Waals surface area contributed by atoms with E-state index in [9.17, 15) is 9.90 Å². The van der Waals surface area contributed by atoms with Crippen LogP contribution in [0.1, 0.15) is 22.8 Å². The number of rotatable bonds is 5. The lowest BCUT2D eigenvalue weighted by atomic mass is 9.99. The van der Waals surface area contributed by atoms with Gasteiger partial charge < -0.3 is 9.84 Å². The van der Waals surface area contributed by atoms with Gasteiger partial charge in [0.25, 0.3) is 0 Å². The Morgan fingerprint density at radius 2 is 1.89 bits per heavy atom. The SMILES string of the molecule is CCOC(=O)c1cc(-c2cccc(CO)c2)c2c(c1)ncn2-c1ccccc1. The Balaban J connectivity index is 2.00. The summed E-state index contributed by atoms with van der Waals surface area (Å²) >= 11 is 0. The monoisotopic (exact) mass is 372 g/mol. The zero-order chi connectivity index (χ0) is 19.5. The maximum atomic E-state index is 12.4. The summed E-state index contributed by atoms with van der Waals surface area (Å²) in [5.74, 6) is -0.377. The van der Waals surface area contributed by atoms with Crippen molar-refractivity contribution in [1.82, 2.24) is 9.55 Å². The smallest absolute Gasteiger partial charge is 0.338 e. The average Bonchev–Trinajstić information content (AvgIpc) is 3.18. The summed E-state index contributed by atoms with van der Waals surface area (Å²) in [4.78, 5) is 16.9. The molecule has 5 heteroatoms. The molecule has 3 aromatic carbocycles. The van der Waals surface area contributed by atoms with Gasteiger partial charge in [-0.2, -0.15) is 0 Å². The van der Waals surface area contributed by atoms with Gasteiger partial charge in [-0.3, -0.25) is 4.57 Å². The minimum Gasteiger partial charge on any atom is -0.462 e. The molecule has 4 rings (SSSR count). The number of aliphatic hydroxyl groups is 1. The predicted molar refractivity (Wildman–Crippen MR) is 108 cm³/mol. The highest BCUT2D eigenvalue weighted by Gasteiger charge is 2.17. The van der Waals surface area contributed by atoms with E-state index in [1.807, 2.05) is 65.2 Å². The number of benzene rings is 3. The van der Waals surface area contributed by atoms with E-state index < -0.39 is 0 Å². The molecular weight excluding hydrogens is 352 g/mol. The number of hydrogen-bond donors (Lipinski definition) is 1. The first-order valence-electron chi connectivity index (χ1n) is 9.15. The van der Waals surface area contributed by atoms with E-state index in [0.717, 1.165) is 27.9 Å². The van der Waals surface area contributed by atoms with Gasteiger partial charge in [-0.25, -0.2) is 9.78 Å². The fourth-order valence-corrected chi connectivity index (χ4v) is 3.32. The van der Waals surface area contributed by atoms with Gasteiger partial charge in [0.05, 0.1) is 29.8 Å². The minimum atomic E-state index is -0.377. The number of para-hydroxylation sites is 1. The highest BCUT2D eigenvalue weighted by atomic mass is 16.5. The molecule has 1 heterocycles. The Morgan fingerprint density at radius 3 is 2.64 bits per heavy atom. The van der Waals surface area contributed by atoms with Crippen LogP contribution in [0.2, 0.25) is 0 Å². The van der Waals surface area contributed by atoms with E-state index in [-0.39, 0.29) is 12.6 Å². The molecule has 0 aliphatic carbocycles. The van der Waals surface area contributed by atoms with E-state index in [0.29, 0.717) is 17.7 Å². The standard InChI is InChI=1S/C23H20N2O3/c1-2-28-23(27)18-12-20(17-8-6-7-16(11-17)14-26)22-21(13-18)24-15-25(22)19-9-4-3-5-10-19/h3-13,15,26H,2,14H2,1H3. The van der Waals surface area contributed by atoms with Gasteiger partial charge in [-0.15, -0.1) is 0 Å². The fraction of sp³-hybridized carbons (Fsp3) is 0.130. The summed E-state index contributed by atoms with van der Waals surface area (Å²) in [7, 11) is 0. The molecule has 0 bridgehead atoms. The van der Waals surface area contributed by atoms with Gasteiger partial charge in [-0.1, -0.05) is 36.4 Å². The van der Waals surface area contributed by atoms with E-state index in [1.54, 1.807) is 19.3 Å². The molecule has 0 aliphatic heterocycles. The normalized spacial score (nSPS) is 10.9. The van der Waals surface area contributed by atoms with Crippen molar-refractivity contribution in [2.45, 2.75) is 13.5 Å². The van der Waals surface area contributed by atoms with E-state index >= 15 is 0 Å². The quantitative estimate of drug-likeness (QED) is 0.529. The number of aromatic nitrogens is 2. The van der Waals surface area contributed by atoms with Crippen molar-refractivity contribution in [3.63, 3.8) is 0 Å². The van der Waals surface area contributed by atoms with Crippen LogP contribution in [-0.2, 0) is 11.3 Å². The Kier molecular flexibility index (Phi) is 4.91. The van der Waals surface area contributed by atoms with E-state index in [4.69, 9.17) is 4.74 Å². The molecular formula is C23H20N2O3. The molecule has 0 radical (unpaired) electrons. The van der Waals surface area contributed by atoms with Gasteiger partial charge >= 0.3 is 5.97 Å². The maximum Gasteiger partial charge on any atom is 0.338 e. The number of fused-ring (bicyclic) bond motifs is 1. The lowest BCUT2D eigenvalue weighted by Crippen LogP contribution is -2.05. The first-order chi connectivity index (χ1) is 13.7. The highest BCUT2D eigenvalue weighted by Crippen LogP contribution is 2.32. The molecule has 1 N–H and O–H groups in total. The summed E-state index contributed by atoms with van der Waals surface area (Å²) < 4.78 is 7.20. The minimum absolute atomic E-state index is 0.0491. The third-order valence-corrected chi connectivity index (χ3v) is 4.61. The summed E-state index contributed by atoms with van der Waals surface area (Å²) in [5.41, 5.74) is 5.61. The molecule has 4 aromatic rings. The lowest BCUT2D eigenvalue weighted by molar-refractivity contribution is 0.0526. The number of esters is 1. The Morgan fingerprint density at radius 1 is 1.07 bits per heavy atom. The highest BCUT2D eigenvalue weighted by molar-refractivity contribution is 6.01. The molecule has 0 saturated heterocycles. The molecule has 0 atom stereocenters. The first-order valence-corrected chi connectivity index (χ1v) is 9.15. The number of hydrogen-bond acceptors (Lipinski definition) is 4. The molecule has 0 saturated carbocycles. The van der Waals surface area contributed by atoms with Gasteiger partial charge in [0.15, 0.2) is 0 Å². The number of carbonyl (C=O) groups excluding carboxylic acids is 1. The lowest BCUT2D eigenvalue weighted by Gasteiger charge is -2.12. The Labute approximate surface area is 162 Å². The second kappa shape index (κ2) is 7.66. The van der Waals surface area contributed by atoms with Crippen molar-refractivity contribution < 1.29 is 14.6 Å². The molecule has 5 nitrogen and oxygen atoms in total. The van der Waals surface area contributed by atoms with Crippen LogP contribution >= 0.6 is 0 Å². The zero-order valence-corrected chi connectivity index (χ0v) is 15.5. The van der Waals surface area contributed by atoms with Crippen molar-refractivity contribution in [3.05, 3.63) is 84.2 Å². The number of aliphatic hydroxyl groups excluding tert-OH is 1. The Bertz CT molecular complexity index is 1130. The predicted octanol–water partition coefficient (Wildman–Crippen LogP) is 4.36. The van der Waals surface area contributed by atoms with Gasteiger partial charge in [0, 0.05) is 11.3 Å². The summed E-state index contributed by atoms with van der Waals surface area (Å²) in [6.07, 6.45) is 1.76. The van der Waals surface area contributed by atoms with Crippen LogP contribution in [0.3, 0.4) is 0 Å². The van der Waals surface area contributed by atoms with Crippen molar-refractivity contribution in [2.24, 2.45) is 0 Å². The zero-order valence-electron chi connectivity index (χ0n) is 15.5. The molecule has 1 aromatic heterocycles. The number of imidazole rings is 1. The summed E-state index contributed by atoms with van der Waals surface area (Å²) in [5, 5.41) is 9.54. The molecule has 140 valence electrons. The van der Waals surface area contributed by atoms with E-state index in [1.165, 1.54) is 0 Å². The molecule has 0 amide bonds. The molecule has 0 fully saturated rings. The molecule has 0 spiro atoms. The van der Waals surface area contributed by atoms with Crippen molar-refractivity contribution in [1.29, 1.82) is 0 Å². The van der Waals surface area contributed by atoms with Crippen LogP contribution in [0.4, 0.5) is 0 Å². The van der Waals surface area contributed by atoms with Gasteiger partial charge in [0.1, 0.15) is 6.33 Å². The third-order valence-electron chi connectivity index (χ3n) is 4.61. The first kappa shape index (κ1) is 17.9. The van der Waals surface area contributed by atoms with Crippen LogP contribution in [0.5, 0.6) is 0 Å². The maximum absolute atomic E-state index is 12.4. The average molecular weight is 372 g/mol. The van der Waals surface area contributed by atoms with Crippen molar-refractivity contribution in [2.75, 3.05) is 6.61 Å². The van der Waals surface area contributed by atoms with Crippen LogP contribution in [0.15, 0.2) is 73.1 Å². The van der Waals surface area contributed by atoms with Gasteiger partial charge in [0.2, 0.25) is 0 Å². The van der Waals surface area contributed by atoms with Crippen molar-refractivity contribution in [3.8, 4) is 16.8 Å². The van der Waals surface area contributed by atoms with Crippen LogP contribution in [0, 0.1) is 0 Å². The number of ether oxygens (including phenoxy) is 1. The summed E-state index contributed by atoms with van der Waals surface area (Å²) in [6.45, 7) is 2.04. The van der Waals surface area contributed by atoms with Crippen molar-refractivity contribution >= 4 is 17.0 Å². The Hall–Kier alpha value is -3.44. The molecule has 0 unspecified atom stereocenters. The second-order valence-corrected chi connectivity index (χ2v) is 6.42. The topological polar surface area (TPSA) is 64.3 Å². The largest absolute Gasteiger partial charge is 0.462 e. The second-order valence-electron chi connectivity index (χ2n) is 6.42. The van der Waals surface area contributed by atoms with Gasteiger partial charge in [-0.05, 0) is 48.4 Å². The third kappa shape index (κ3) is 3.28. The van der Waals surface area contributed by atoms with Crippen LogP contribution in [0.25, 0.3) is 27.8 Å². The van der Waals surface area contributed by atoms with Crippen LogP contribution < -0.4 is 0 Å². The van der Waals surface area contributed by atoms with E-state index in [2.05, 4.69) is 4.98 Å². The molecule has 0 aliphatic rings. The number of nitrogens with zero attached hydrogens (tertiary/aromatic N) is 2. The van der Waals surface area contributed by atoms with Crippen LogP contribution in [-0.4, -0.2) is 27.2 Å². The summed E-state index contributed by atoms with van der Waals surface area (Å²) in [6, 6.07) is 21.2. The number of carbonyl (C=O) groups is 1. The molecule has 28 heavy (non-hydrogen) atoms.